The number of nitrogens with zero attached hydrogens (tertiary/aromatic N) is 2. The summed E-state index contributed by atoms with van der Waals surface area (Å²) in [4.78, 5) is 9.98. The molecule has 0 spiro atoms. The topological polar surface area (TPSA) is 73.1 Å². The summed E-state index contributed by atoms with van der Waals surface area (Å²) >= 11 is 1.60. The predicted octanol–water partition coefficient (Wildman–Crippen LogP) is 3.07. The van der Waals surface area contributed by atoms with Crippen LogP contribution in [0.25, 0.3) is 0 Å². The van der Waals surface area contributed by atoms with Crippen molar-refractivity contribution in [2.24, 2.45) is 5.84 Å². The highest BCUT2D eigenvalue weighted by molar-refractivity contribution is 7.99. The van der Waals surface area contributed by atoms with Crippen LogP contribution in [-0.4, -0.2) is 16.6 Å². The number of nitrogens with one attached hydrogen (secondary N) is 1. The van der Waals surface area contributed by atoms with Crippen LogP contribution < -0.4 is 11.3 Å². The first kappa shape index (κ1) is 15.8. The predicted molar refractivity (Wildman–Crippen MR) is 85.2 cm³/mol. The average Bonchev–Trinajstić information content (AvgIpc) is 2.48. The molecule has 112 valence electrons. The molecule has 3 N–H and O–H groups in total. The Morgan fingerprint density at radius 2 is 2.05 bits per heavy atom. The van der Waals surface area contributed by atoms with Crippen molar-refractivity contribution in [1.29, 1.82) is 0 Å². The number of aromatic nitrogens is 2. The van der Waals surface area contributed by atoms with E-state index in [1.807, 2.05) is 13.0 Å². The number of anilines is 1. The number of hydrogen-bond acceptors (Lipinski definition) is 6. The van der Waals surface area contributed by atoms with Crippen LogP contribution in [0.2, 0.25) is 0 Å². The van der Waals surface area contributed by atoms with Gasteiger partial charge in [-0.05, 0) is 38.0 Å². The first-order valence-corrected chi connectivity index (χ1v) is 7.61. The van der Waals surface area contributed by atoms with E-state index in [1.54, 1.807) is 11.8 Å². The van der Waals surface area contributed by atoms with E-state index in [0.29, 0.717) is 24.9 Å². The standard InChI is InChI=1S/C15H20N4OS/c1-4-20-9-14-17-13(19-16)8-15(18-14)21-12-7-10(2)5-6-11(12)3/h5-8H,4,9,16H2,1-3H3,(H,17,18,19). The van der Waals surface area contributed by atoms with E-state index in [-0.39, 0.29) is 0 Å². The van der Waals surface area contributed by atoms with Gasteiger partial charge in [-0.2, -0.15) is 0 Å². The number of hydrazine groups is 1. The van der Waals surface area contributed by atoms with E-state index in [2.05, 4.69) is 47.4 Å². The highest BCUT2D eigenvalue weighted by Crippen LogP contribution is 2.30. The fraction of sp³-hybridized carbons (Fsp3) is 0.333. The minimum Gasteiger partial charge on any atom is -0.374 e. The summed E-state index contributed by atoms with van der Waals surface area (Å²) in [5.74, 6) is 6.69. The summed E-state index contributed by atoms with van der Waals surface area (Å²) in [6.45, 7) is 7.12. The third-order valence-corrected chi connectivity index (χ3v) is 3.97. The highest BCUT2D eigenvalue weighted by atomic mass is 32.2. The summed E-state index contributed by atoms with van der Waals surface area (Å²) in [7, 11) is 0. The molecule has 6 heteroatoms. The summed E-state index contributed by atoms with van der Waals surface area (Å²) in [6, 6.07) is 8.20. The van der Waals surface area contributed by atoms with Gasteiger partial charge >= 0.3 is 0 Å². The minimum atomic E-state index is 0.381. The van der Waals surface area contributed by atoms with Crippen molar-refractivity contribution in [2.45, 2.75) is 37.3 Å². The fourth-order valence-electron chi connectivity index (χ4n) is 1.79. The maximum Gasteiger partial charge on any atom is 0.157 e. The number of hydrogen-bond donors (Lipinski definition) is 2. The van der Waals surface area contributed by atoms with Crippen molar-refractivity contribution in [3.05, 3.63) is 41.2 Å². The zero-order chi connectivity index (χ0) is 15.2. The lowest BCUT2D eigenvalue weighted by molar-refractivity contribution is 0.128. The van der Waals surface area contributed by atoms with E-state index in [0.717, 1.165) is 5.03 Å². The van der Waals surface area contributed by atoms with Gasteiger partial charge in [-0.25, -0.2) is 15.8 Å². The average molecular weight is 304 g/mol. The molecule has 2 rings (SSSR count). The molecule has 2 aromatic rings. The van der Waals surface area contributed by atoms with Gasteiger partial charge in [-0.15, -0.1) is 0 Å². The normalized spacial score (nSPS) is 10.7. The molecule has 5 nitrogen and oxygen atoms in total. The second kappa shape index (κ2) is 7.40. The Kier molecular flexibility index (Phi) is 5.55. The van der Waals surface area contributed by atoms with Gasteiger partial charge in [-0.3, -0.25) is 0 Å². The Morgan fingerprint density at radius 3 is 2.76 bits per heavy atom. The highest BCUT2D eigenvalue weighted by Gasteiger charge is 2.08. The van der Waals surface area contributed by atoms with Crippen LogP contribution in [0.15, 0.2) is 34.2 Å². The molecule has 0 saturated heterocycles. The molecular weight excluding hydrogens is 284 g/mol. The second-order valence-corrected chi connectivity index (χ2v) is 5.72. The lowest BCUT2D eigenvalue weighted by Crippen LogP contribution is -2.11. The maximum absolute atomic E-state index is 5.47. The molecule has 0 saturated carbocycles. The van der Waals surface area contributed by atoms with Crippen molar-refractivity contribution in [2.75, 3.05) is 12.0 Å². The quantitative estimate of drug-likeness (QED) is 0.485. The van der Waals surface area contributed by atoms with Gasteiger partial charge in [0.1, 0.15) is 17.5 Å². The Labute approximate surface area is 129 Å². The molecule has 21 heavy (non-hydrogen) atoms. The number of rotatable bonds is 6. The van der Waals surface area contributed by atoms with E-state index >= 15 is 0 Å². The lowest BCUT2D eigenvalue weighted by Gasteiger charge is -2.09. The Balaban J connectivity index is 2.27. The van der Waals surface area contributed by atoms with Gasteiger partial charge < -0.3 is 10.2 Å². The van der Waals surface area contributed by atoms with E-state index in [9.17, 15) is 0 Å². The van der Waals surface area contributed by atoms with Crippen molar-refractivity contribution < 1.29 is 4.74 Å². The number of benzene rings is 1. The SMILES string of the molecule is CCOCc1nc(NN)cc(Sc2cc(C)ccc2C)n1. The van der Waals surface area contributed by atoms with Crippen LogP contribution >= 0.6 is 11.8 Å². The van der Waals surface area contributed by atoms with Gasteiger partial charge in [0.2, 0.25) is 0 Å². The molecule has 0 aliphatic carbocycles. The molecule has 0 amide bonds. The van der Waals surface area contributed by atoms with E-state index in [1.165, 1.54) is 16.0 Å². The lowest BCUT2D eigenvalue weighted by atomic mass is 10.2. The van der Waals surface area contributed by atoms with Gasteiger partial charge in [0.05, 0.1) is 0 Å². The maximum atomic E-state index is 5.47. The second-order valence-electron chi connectivity index (χ2n) is 4.66. The number of ether oxygens (including phenoxy) is 1. The van der Waals surface area contributed by atoms with Gasteiger partial charge in [0.15, 0.2) is 5.82 Å². The first-order chi connectivity index (χ1) is 10.1. The molecule has 0 aliphatic heterocycles. The van der Waals surface area contributed by atoms with E-state index < -0.39 is 0 Å². The summed E-state index contributed by atoms with van der Waals surface area (Å²) in [5, 5.41) is 0.848. The van der Waals surface area contributed by atoms with Crippen LogP contribution in [0.1, 0.15) is 23.9 Å². The van der Waals surface area contributed by atoms with Crippen molar-refractivity contribution in [3.8, 4) is 0 Å². The molecule has 0 radical (unpaired) electrons. The number of nitrogen functional groups attached to an aromatic ring is 1. The molecule has 1 aromatic heterocycles. The largest absolute Gasteiger partial charge is 0.374 e. The van der Waals surface area contributed by atoms with Crippen molar-refractivity contribution in [1.82, 2.24) is 9.97 Å². The molecule has 1 aromatic carbocycles. The van der Waals surface area contributed by atoms with Crippen LogP contribution in [0.4, 0.5) is 5.82 Å². The molecule has 0 bridgehead atoms. The minimum absolute atomic E-state index is 0.381. The number of aryl methyl sites for hydroxylation is 2. The Hall–Kier alpha value is -1.63. The van der Waals surface area contributed by atoms with Crippen LogP contribution in [-0.2, 0) is 11.3 Å². The van der Waals surface area contributed by atoms with Crippen LogP contribution in [0.5, 0.6) is 0 Å². The van der Waals surface area contributed by atoms with Crippen LogP contribution in [0, 0.1) is 13.8 Å². The van der Waals surface area contributed by atoms with Gasteiger partial charge in [0, 0.05) is 17.6 Å². The Bertz CT molecular complexity index is 619. The smallest absolute Gasteiger partial charge is 0.157 e. The number of nitrogens with two attached hydrogens (primary N) is 1. The molecule has 0 aliphatic rings. The summed E-state index contributed by atoms with van der Waals surface area (Å²) < 4.78 is 5.36. The molecule has 0 atom stereocenters. The van der Waals surface area contributed by atoms with Crippen molar-refractivity contribution >= 4 is 17.6 Å². The molecule has 0 unspecified atom stereocenters. The van der Waals surface area contributed by atoms with Gasteiger partial charge in [-0.1, -0.05) is 23.9 Å². The Morgan fingerprint density at radius 1 is 1.24 bits per heavy atom. The third kappa shape index (κ3) is 4.42. The third-order valence-electron chi connectivity index (χ3n) is 2.89. The first-order valence-electron chi connectivity index (χ1n) is 6.79. The zero-order valence-electron chi connectivity index (χ0n) is 12.5. The summed E-state index contributed by atoms with van der Waals surface area (Å²) in [6.07, 6.45) is 0. The monoisotopic (exact) mass is 304 g/mol. The molecule has 0 fully saturated rings. The van der Waals surface area contributed by atoms with Crippen molar-refractivity contribution in [3.63, 3.8) is 0 Å². The van der Waals surface area contributed by atoms with Crippen LogP contribution in [0.3, 0.4) is 0 Å². The van der Waals surface area contributed by atoms with E-state index in [4.69, 9.17) is 10.6 Å². The fourth-order valence-corrected chi connectivity index (χ4v) is 2.81. The van der Waals surface area contributed by atoms with Gasteiger partial charge in [0.25, 0.3) is 0 Å². The zero-order valence-corrected chi connectivity index (χ0v) is 13.3. The molecule has 1 heterocycles. The molecular formula is C15H20N4OS. The summed E-state index contributed by atoms with van der Waals surface area (Å²) in [5.41, 5.74) is 5.02.